The second-order valence-corrected chi connectivity index (χ2v) is 5.92. The van der Waals surface area contributed by atoms with Gasteiger partial charge in [0.15, 0.2) is 0 Å². The van der Waals surface area contributed by atoms with E-state index in [-0.39, 0.29) is 11.8 Å². The number of anilines is 3. The zero-order chi connectivity index (χ0) is 15.0. The van der Waals surface area contributed by atoms with Gasteiger partial charge in [-0.05, 0) is 37.1 Å². The van der Waals surface area contributed by atoms with Crippen LogP contribution in [0.2, 0.25) is 0 Å². The first kappa shape index (κ1) is 13.8. The van der Waals surface area contributed by atoms with E-state index in [1.165, 1.54) is 10.9 Å². The van der Waals surface area contributed by atoms with Crippen LogP contribution in [0.3, 0.4) is 0 Å². The Labute approximate surface area is 125 Å². The summed E-state index contributed by atoms with van der Waals surface area (Å²) in [6.07, 6.45) is 0.930. The van der Waals surface area contributed by atoms with Crippen LogP contribution in [0, 0.1) is 12.7 Å². The fraction of sp³-hybridized carbons (Fsp3) is 0.200. The molecule has 0 aliphatic heterocycles. The number of nitrogens with one attached hydrogen (secondary N) is 1. The number of nitrogen functional groups attached to an aromatic ring is 1. The molecule has 3 aromatic rings. The van der Waals surface area contributed by atoms with Gasteiger partial charge < -0.3 is 11.1 Å². The van der Waals surface area contributed by atoms with Gasteiger partial charge in [-0.3, -0.25) is 0 Å². The molecule has 4 nitrogen and oxygen atoms in total. The second-order valence-electron chi connectivity index (χ2n) is 4.80. The highest BCUT2D eigenvalue weighted by molar-refractivity contribution is 7.18. The van der Waals surface area contributed by atoms with Gasteiger partial charge in [0.1, 0.15) is 16.5 Å². The maximum Gasteiger partial charge on any atom is 0.223 e. The van der Waals surface area contributed by atoms with E-state index >= 15 is 0 Å². The van der Waals surface area contributed by atoms with Gasteiger partial charge in [-0.2, -0.15) is 4.98 Å². The Hall–Kier alpha value is -2.21. The number of thiophene rings is 1. The second kappa shape index (κ2) is 5.29. The molecule has 108 valence electrons. The Morgan fingerprint density at radius 3 is 2.81 bits per heavy atom. The van der Waals surface area contributed by atoms with Gasteiger partial charge in [0.25, 0.3) is 0 Å². The molecule has 0 bridgehead atoms. The monoisotopic (exact) mass is 302 g/mol. The maximum atomic E-state index is 13.6. The summed E-state index contributed by atoms with van der Waals surface area (Å²) < 4.78 is 13.6. The lowest BCUT2D eigenvalue weighted by Gasteiger charge is -2.08. The van der Waals surface area contributed by atoms with Crippen molar-refractivity contribution in [3.05, 3.63) is 40.5 Å². The molecular formula is C15H15FN4S. The number of nitrogens with two attached hydrogens (primary N) is 1. The van der Waals surface area contributed by atoms with Gasteiger partial charge in [-0.1, -0.05) is 13.0 Å². The van der Waals surface area contributed by atoms with Crippen molar-refractivity contribution < 1.29 is 4.39 Å². The summed E-state index contributed by atoms with van der Waals surface area (Å²) in [6.45, 7) is 3.82. The highest BCUT2D eigenvalue weighted by Crippen LogP contribution is 2.31. The number of fused-ring (bicyclic) bond motifs is 1. The van der Waals surface area contributed by atoms with Crippen LogP contribution in [0.4, 0.5) is 21.8 Å². The number of aryl methyl sites for hydroxylation is 2. The molecule has 3 N–H and O–H groups in total. The van der Waals surface area contributed by atoms with Gasteiger partial charge in [0.2, 0.25) is 5.95 Å². The minimum Gasteiger partial charge on any atom is -0.368 e. The van der Waals surface area contributed by atoms with Gasteiger partial charge in [0.05, 0.1) is 5.39 Å². The van der Waals surface area contributed by atoms with Crippen molar-refractivity contribution in [3.63, 3.8) is 0 Å². The first-order valence-electron chi connectivity index (χ1n) is 6.66. The Morgan fingerprint density at radius 2 is 2.10 bits per heavy atom. The third kappa shape index (κ3) is 2.67. The fourth-order valence-corrected chi connectivity index (χ4v) is 3.04. The van der Waals surface area contributed by atoms with Gasteiger partial charge in [-0.25, -0.2) is 9.37 Å². The van der Waals surface area contributed by atoms with Crippen molar-refractivity contribution in [2.75, 3.05) is 11.1 Å². The van der Waals surface area contributed by atoms with Crippen LogP contribution in [-0.2, 0) is 6.42 Å². The first-order valence-corrected chi connectivity index (χ1v) is 7.47. The molecule has 0 spiro atoms. The maximum absolute atomic E-state index is 13.6. The predicted octanol–water partition coefficient (Wildman–Crippen LogP) is 4.03. The average Bonchev–Trinajstić information content (AvgIpc) is 2.86. The molecule has 3 rings (SSSR count). The van der Waals surface area contributed by atoms with Crippen LogP contribution >= 0.6 is 11.3 Å². The molecule has 0 saturated carbocycles. The molecule has 2 aromatic heterocycles. The summed E-state index contributed by atoms with van der Waals surface area (Å²) in [6, 6.07) is 7.04. The summed E-state index contributed by atoms with van der Waals surface area (Å²) in [5.41, 5.74) is 7.00. The number of halogens is 1. The molecule has 2 heterocycles. The number of nitrogens with zero attached hydrogens (tertiary/aromatic N) is 2. The van der Waals surface area contributed by atoms with E-state index in [1.807, 2.05) is 12.1 Å². The Balaban J connectivity index is 2.06. The van der Waals surface area contributed by atoms with Crippen LogP contribution < -0.4 is 11.1 Å². The summed E-state index contributed by atoms with van der Waals surface area (Å²) in [5, 5.41) is 4.04. The molecule has 0 aliphatic rings. The topological polar surface area (TPSA) is 63.8 Å². The zero-order valence-electron chi connectivity index (χ0n) is 11.8. The van der Waals surface area contributed by atoms with E-state index in [1.54, 1.807) is 24.3 Å². The molecule has 0 amide bonds. The fourth-order valence-electron chi connectivity index (χ4n) is 2.06. The summed E-state index contributed by atoms with van der Waals surface area (Å²) >= 11 is 1.60. The van der Waals surface area contributed by atoms with E-state index in [2.05, 4.69) is 22.2 Å². The van der Waals surface area contributed by atoms with Crippen LogP contribution in [0.1, 0.15) is 17.4 Å². The summed E-state index contributed by atoms with van der Waals surface area (Å²) in [5.74, 6) is 0.566. The van der Waals surface area contributed by atoms with Crippen molar-refractivity contribution in [2.24, 2.45) is 0 Å². The molecule has 0 fully saturated rings. The largest absolute Gasteiger partial charge is 0.368 e. The van der Waals surface area contributed by atoms with Crippen LogP contribution in [-0.4, -0.2) is 9.97 Å². The molecule has 0 radical (unpaired) electrons. The highest BCUT2D eigenvalue weighted by Gasteiger charge is 2.11. The minimum absolute atomic E-state index is 0.210. The zero-order valence-corrected chi connectivity index (χ0v) is 12.6. The third-order valence-corrected chi connectivity index (χ3v) is 4.42. The number of hydrogen-bond acceptors (Lipinski definition) is 5. The smallest absolute Gasteiger partial charge is 0.223 e. The molecule has 0 saturated heterocycles. The minimum atomic E-state index is -0.252. The number of aromatic nitrogens is 2. The van der Waals surface area contributed by atoms with E-state index < -0.39 is 0 Å². The Kier molecular flexibility index (Phi) is 3.47. The lowest BCUT2D eigenvalue weighted by molar-refractivity contribution is 0.619. The van der Waals surface area contributed by atoms with Crippen molar-refractivity contribution in [3.8, 4) is 0 Å². The molecular weight excluding hydrogens is 287 g/mol. The molecule has 21 heavy (non-hydrogen) atoms. The van der Waals surface area contributed by atoms with Crippen molar-refractivity contribution >= 4 is 39.0 Å². The van der Waals surface area contributed by atoms with Gasteiger partial charge >= 0.3 is 0 Å². The standard InChI is InChI=1S/C15H15FN4S/c1-3-10-7-11-13(19-15(17)20-14(11)21-10)18-9-5-4-8(2)12(16)6-9/h4-7H,3H2,1-2H3,(H3,17,18,19,20). The molecule has 6 heteroatoms. The lowest BCUT2D eigenvalue weighted by Crippen LogP contribution is -2.00. The number of rotatable bonds is 3. The van der Waals surface area contributed by atoms with Crippen molar-refractivity contribution in [1.82, 2.24) is 9.97 Å². The Bertz CT molecular complexity index is 813. The lowest BCUT2D eigenvalue weighted by atomic mass is 10.2. The predicted molar refractivity (Wildman–Crippen MR) is 85.6 cm³/mol. The third-order valence-electron chi connectivity index (χ3n) is 3.24. The molecule has 0 atom stereocenters. The first-order chi connectivity index (χ1) is 10.1. The van der Waals surface area contributed by atoms with Crippen LogP contribution in [0.25, 0.3) is 10.2 Å². The summed E-state index contributed by atoms with van der Waals surface area (Å²) in [4.78, 5) is 10.5. The van der Waals surface area contributed by atoms with Crippen LogP contribution in [0.15, 0.2) is 24.3 Å². The van der Waals surface area contributed by atoms with Gasteiger partial charge in [0, 0.05) is 10.6 Å². The molecule has 0 unspecified atom stereocenters. The highest BCUT2D eigenvalue weighted by atomic mass is 32.1. The van der Waals surface area contributed by atoms with E-state index in [0.717, 1.165) is 16.6 Å². The molecule has 0 aliphatic carbocycles. The number of hydrogen-bond donors (Lipinski definition) is 2. The summed E-state index contributed by atoms with van der Waals surface area (Å²) in [7, 11) is 0. The SMILES string of the molecule is CCc1cc2c(Nc3ccc(C)c(F)c3)nc(N)nc2s1. The molecule has 1 aromatic carbocycles. The van der Waals surface area contributed by atoms with Gasteiger partial charge in [-0.15, -0.1) is 11.3 Å². The Morgan fingerprint density at radius 1 is 1.29 bits per heavy atom. The number of benzene rings is 1. The van der Waals surface area contributed by atoms with E-state index in [4.69, 9.17) is 5.73 Å². The average molecular weight is 302 g/mol. The van der Waals surface area contributed by atoms with Crippen LogP contribution in [0.5, 0.6) is 0 Å². The van der Waals surface area contributed by atoms with E-state index in [9.17, 15) is 4.39 Å². The normalized spacial score (nSPS) is 11.0. The van der Waals surface area contributed by atoms with Crippen molar-refractivity contribution in [2.45, 2.75) is 20.3 Å². The van der Waals surface area contributed by atoms with Crippen molar-refractivity contribution in [1.29, 1.82) is 0 Å². The van der Waals surface area contributed by atoms with E-state index in [0.29, 0.717) is 17.1 Å². The quantitative estimate of drug-likeness (QED) is 0.767.